The van der Waals surface area contributed by atoms with Crippen LogP contribution in [0.2, 0.25) is 0 Å². The summed E-state index contributed by atoms with van der Waals surface area (Å²) in [6.45, 7) is 2.01. The smallest absolute Gasteiger partial charge is 0.338 e. The van der Waals surface area contributed by atoms with Crippen LogP contribution in [0.4, 0.5) is 0 Å². The summed E-state index contributed by atoms with van der Waals surface area (Å²) in [5.41, 5.74) is 0.0671. The summed E-state index contributed by atoms with van der Waals surface area (Å²) in [5, 5.41) is 2.61. The third-order valence-corrected chi connectivity index (χ3v) is 6.21. The van der Waals surface area contributed by atoms with E-state index in [1.54, 1.807) is 6.07 Å². The van der Waals surface area contributed by atoms with Crippen LogP contribution in [0.5, 0.6) is 0 Å². The maximum atomic E-state index is 12.9. The van der Waals surface area contributed by atoms with E-state index in [1.165, 1.54) is 30.3 Å². The maximum absolute atomic E-state index is 12.9. The van der Waals surface area contributed by atoms with E-state index in [9.17, 15) is 22.8 Å². The van der Waals surface area contributed by atoms with E-state index >= 15 is 0 Å². The van der Waals surface area contributed by atoms with Gasteiger partial charge >= 0.3 is 5.97 Å². The minimum atomic E-state index is -3.94. The summed E-state index contributed by atoms with van der Waals surface area (Å²) in [6.07, 6.45) is 1.74. The van der Waals surface area contributed by atoms with Gasteiger partial charge in [0.25, 0.3) is 5.91 Å². The summed E-state index contributed by atoms with van der Waals surface area (Å²) in [7, 11) is -3.94. The van der Waals surface area contributed by atoms with E-state index in [4.69, 9.17) is 4.74 Å². The molecule has 0 fully saturated rings. The van der Waals surface area contributed by atoms with Gasteiger partial charge in [0.05, 0.1) is 15.4 Å². The molecule has 0 spiro atoms. The molecule has 3 rings (SSSR count). The third kappa shape index (κ3) is 3.68. The molecule has 0 radical (unpaired) electrons. The summed E-state index contributed by atoms with van der Waals surface area (Å²) >= 11 is 0. The van der Waals surface area contributed by atoms with Gasteiger partial charge in [-0.1, -0.05) is 25.5 Å². The lowest BCUT2D eigenvalue weighted by Gasteiger charge is -2.19. The first-order valence-corrected chi connectivity index (χ1v) is 10.3. The minimum absolute atomic E-state index is 0.00700. The van der Waals surface area contributed by atoms with Crippen molar-refractivity contribution in [3.05, 3.63) is 59.2 Å². The quantitative estimate of drug-likeness (QED) is 0.501. The number of carbonyl (C=O) groups is 3. The van der Waals surface area contributed by atoms with Crippen LogP contribution >= 0.6 is 0 Å². The first-order valence-electron chi connectivity index (χ1n) is 8.83. The van der Waals surface area contributed by atoms with Crippen LogP contribution in [-0.4, -0.2) is 39.2 Å². The van der Waals surface area contributed by atoms with Gasteiger partial charge in [-0.3, -0.25) is 9.59 Å². The molecule has 0 bridgehead atoms. The molecule has 146 valence electrons. The van der Waals surface area contributed by atoms with Gasteiger partial charge in [-0.15, -0.1) is 0 Å². The van der Waals surface area contributed by atoms with Crippen LogP contribution in [0, 0.1) is 0 Å². The molecule has 1 aliphatic heterocycles. The zero-order chi connectivity index (χ0) is 20.3. The van der Waals surface area contributed by atoms with E-state index in [-0.39, 0.29) is 26.5 Å². The Morgan fingerprint density at radius 3 is 2.50 bits per heavy atom. The van der Waals surface area contributed by atoms with E-state index in [2.05, 4.69) is 5.32 Å². The normalized spacial score (nSPS) is 14.0. The number of fused-ring (bicyclic) bond motifs is 2. The summed E-state index contributed by atoms with van der Waals surface area (Å²) < 4.78 is 30.7. The van der Waals surface area contributed by atoms with Crippen LogP contribution in [0.1, 0.15) is 46.0 Å². The number of ketones is 1. The van der Waals surface area contributed by atoms with Crippen molar-refractivity contribution in [2.24, 2.45) is 0 Å². The van der Waals surface area contributed by atoms with Crippen molar-refractivity contribution in [3.8, 4) is 0 Å². The fourth-order valence-corrected chi connectivity index (χ4v) is 4.56. The molecule has 0 unspecified atom stereocenters. The van der Waals surface area contributed by atoms with Crippen molar-refractivity contribution >= 4 is 27.5 Å². The Labute approximate surface area is 162 Å². The highest BCUT2D eigenvalue weighted by Gasteiger charge is 2.35. The molecule has 1 aliphatic rings. The lowest BCUT2D eigenvalue weighted by atomic mass is 10.0. The molecule has 1 N–H and O–H groups in total. The molecule has 2 aromatic carbocycles. The molecule has 0 aliphatic carbocycles. The second kappa shape index (κ2) is 7.93. The van der Waals surface area contributed by atoms with Crippen LogP contribution in [-0.2, 0) is 19.4 Å². The molecule has 0 saturated heterocycles. The molecular formula is C20H19NO6S. The van der Waals surface area contributed by atoms with E-state index in [1.807, 2.05) is 6.92 Å². The van der Waals surface area contributed by atoms with Crippen LogP contribution in [0.3, 0.4) is 0 Å². The average Bonchev–Trinajstić information content (AvgIpc) is 2.70. The molecule has 0 aromatic heterocycles. The lowest BCUT2D eigenvalue weighted by Crippen LogP contribution is -2.29. The number of carbonyl (C=O) groups excluding carboxylic acids is 3. The topological polar surface area (TPSA) is 107 Å². The van der Waals surface area contributed by atoms with Crippen molar-refractivity contribution in [1.82, 2.24) is 5.32 Å². The number of nitrogens with one attached hydrogen (secondary N) is 1. The molecule has 0 atom stereocenters. The van der Waals surface area contributed by atoms with Gasteiger partial charge in [0.2, 0.25) is 9.84 Å². The molecule has 0 saturated carbocycles. The Hall–Kier alpha value is -3.00. The first kappa shape index (κ1) is 19.8. The van der Waals surface area contributed by atoms with Crippen molar-refractivity contribution in [2.45, 2.75) is 29.6 Å². The summed E-state index contributed by atoms with van der Waals surface area (Å²) in [6, 6.07) is 9.67. The average molecular weight is 401 g/mol. The molecule has 28 heavy (non-hydrogen) atoms. The Morgan fingerprint density at radius 1 is 1.04 bits per heavy atom. The van der Waals surface area contributed by atoms with Crippen LogP contribution in [0.25, 0.3) is 0 Å². The summed E-state index contributed by atoms with van der Waals surface area (Å²) in [5.74, 6) is -1.69. The Morgan fingerprint density at radius 2 is 1.75 bits per heavy atom. The number of amides is 1. The van der Waals surface area contributed by atoms with Crippen molar-refractivity contribution in [3.63, 3.8) is 0 Å². The second-order valence-corrected chi connectivity index (χ2v) is 8.21. The predicted octanol–water partition coefficient (Wildman–Crippen LogP) is 2.14. The molecular weight excluding hydrogens is 382 g/mol. The van der Waals surface area contributed by atoms with E-state index in [0.717, 1.165) is 18.9 Å². The number of esters is 1. The first-order chi connectivity index (χ1) is 13.4. The highest BCUT2D eigenvalue weighted by molar-refractivity contribution is 7.91. The maximum Gasteiger partial charge on any atom is 0.338 e. The highest BCUT2D eigenvalue weighted by atomic mass is 32.2. The SMILES string of the molecule is CCCCNC(=O)COC(=O)c1ccc2c(c1)S(=O)(=O)c1ccccc1C2=O. The number of hydrogen-bond donors (Lipinski definition) is 1. The highest BCUT2D eigenvalue weighted by Crippen LogP contribution is 2.34. The standard InChI is InChI=1S/C20H19NO6S/c1-2-3-10-21-18(22)12-27-20(24)13-8-9-15-17(11-13)28(25,26)16-7-5-4-6-14(16)19(15)23/h4-9,11H,2-3,10,12H2,1H3,(H,21,22). The summed E-state index contributed by atoms with van der Waals surface area (Å²) in [4.78, 5) is 36.1. The van der Waals surface area contributed by atoms with Gasteiger partial charge in [-0.25, -0.2) is 13.2 Å². The Balaban J connectivity index is 1.82. The minimum Gasteiger partial charge on any atom is -0.452 e. The number of benzene rings is 2. The third-order valence-electron chi connectivity index (χ3n) is 4.36. The zero-order valence-corrected chi connectivity index (χ0v) is 16.0. The fraction of sp³-hybridized carbons (Fsp3) is 0.250. The van der Waals surface area contributed by atoms with Gasteiger partial charge in [-0.2, -0.15) is 0 Å². The Bertz CT molecular complexity index is 1060. The fourth-order valence-electron chi connectivity index (χ4n) is 2.88. The lowest BCUT2D eigenvalue weighted by molar-refractivity contribution is -0.124. The van der Waals surface area contributed by atoms with Gasteiger partial charge in [-0.05, 0) is 36.8 Å². The number of unbranched alkanes of at least 4 members (excludes halogenated alkanes) is 1. The molecule has 8 heteroatoms. The van der Waals surface area contributed by atoms with Gasteiger partial charge < -0.3 is 10.1 Å². The number of sulfone groups is 1. The molecule has 7 nitrogen and oxygen atoms in total. The van der Waals surface area contributed by atoms with Crippen molar-refractivity contribution in [2.75, 3.05) is 13.2 Å². The number of hydrogen-bond acceptors (Lipinski definition) is 6. The second-order valence-electron chi connectivity index (χ2n) is 6.32. The molecule has 1 heterocycles. The number of rotatable bonds is 6. The van der Waals surface area contributed by atoms with Crippen LogP contribution < -0.4 is 5.32 Å². The van der Waals surface area contributed by atoms with Gasteiger partial charge in [0.1, 0.15) is 0 Å². The van der Waals surface area contributed by atoms with Crippen molar-refractivity contribution < 1.29 is 27.5 Å². The Kier molecular flexibility index (Phi) is 5.60. The predicted molar refractivity (Wildman–Crippen MR) is 100.0 cm³/mol. The van der Waals surface area contributed by atoms with E-state index < -0.39 is 34.1 Å². The van der Waals surface area contributed by atoms with Crippen molar-refractivity contribution in [1.29, 1.82) is 0 Å². The monoisotopic (exact) mass is 401 g/mol. The van der Waals surface area contributed by atoms with Gasteiger partial charge in [0, 0.05) is 17.7 Å². The van der Waals surface area contributed by atoms with Crippen LogP contribution in [0.15, 0.2) is 52.3 Å². The molecule has 1 amide bonds. The zero-order valence-electron chi connectivity index (χ0n) is 15.2. The van der Waals surface area contributed by atoms with E-state index in [0.29, 0.717) is 6.54 Å². The number of ether oxygens (including phenoxy) is 1. The van der Waals surface area contributed by atoms with Gasteiger partial charge in [0.15, 0.2) is 12.4 Å². The largest absolute Gasteiger partial charge is 0.452 e. The molecule has 2 aromatic rings.